The fraction of sp³-hybridized carbons (Fsp3) is 0.410. The summed E-state index contributed by atoms with van der Waals surface area (Å²) in [4.78, 5) is 36.9. The molecule has 1 saturated carbocycles. The SMILES string of the molecule is COCCC1(Cn2ncc(-c3ccc(N4CCc5cccc(C(=O)Nc6nc7ccccc7s6)c5C4)nc3OC(=O)O)c2C)CCCCCCC1. The maximum Gasteiger partial charge on any atom is 0.512 e. The van der Waals surface area contributed by atoms with Gasteiger partial charge in [0.1, 0.15) is 5.82 Å². The van der Waals surface area contributed by atoms with Crippen LogP contribution in [0.5, 0.6) is 5.88 Å². The molecule has 0 bridgehead atoms. The Kier molecular flexibility index (Phi) is 10.3. The van der Waals surface area contributed by atoms with Gasteiger partial charge in [-0.2, -0.15) is 10.1 Å². The van der Waals surface area contributed by atoms with Crippen molar-refractivity contribution >= 4 is 44.6 Å². The smallest absolute Gasteiger partial charge is 0.449 e. The number of nitrogens with zero attached hydrogens (tertiary/aromatic N) is 5. The van der Waals surface area contributed by atoms with Gasteiger partial charge in [-0.1, -0.05) is 67.7 Å². The van der Waals surface area contributed by atoms with Gasteiger partial charge in [-0.25, -0.2) is 9.78 Å². The number of methoxy groups -OCH3 is 1. The second kappa shape index (κ2) is 15.2. The molecule has 0 unspecified atom stereocenters. The number of carboxylic acid groups (broad SMARTS) is 1. The van der Waals surface area contributed by atoms with E-state index in [1.54, 1.807) is 13.3 Å². The molecule has 0 spiro atoms. The Labute approximate surface area is 301 Å². The predicted molar refractivity (Wildman–Crippen MR) is 199 cm³/mol. The van der Waals surface area contributed by atoms with Gasteiger partial charge in [0.15, 0.2) is 5.13 Å². The summed E-state index contributed by atoms with van der Waals surface area (Å²) in [6.07, 6.45) is 10.5. The van der Waals surface area contributed by atoms with Crippen LogP contribution in [0.3, 0.4) is 0 Å². The molecule has 3 aromatic heterocycles. The molecule has 1 fully saturated rings. The van der Waals surface area contributed by atoms with Gasteiger partial charge < -0.3 is 19.5 Å². The number of hydrogen-bond acceptors (Lipinski definition) is 9. The van der Waals surface area contributed by atoms with E-state index in [9.17, 15) is 14.7 Å². The van der Waals surface area contributed by atoms with E-state index in [2.05, 4.69) is 19.9 Å². The zero-order valence-electron chi connectivity index (χ0n) is 29.2. The fourth-order valence-corrected chi connectivity index (χ4v) is 8.56. The van der Waals surface area contributed by atoms with Crippen LogP contribution in [-0.4, -0.2) is 57.2 Å². The van der Waals surface area contributed by atoms with Crippen LogP contribution in [0.25, 0.3) is 21.3 Å². The van der Waals surface area contributed by atoms with Crippen molar-refractivity contribution in [2.45, 2.75) is 77.8 Å². The maximum atomic E-state index is 13.6. The second-order valence-electron chi connectivity index (χ2n) is 13.8. The molecule has 7 rings (SSSR count). The molecule has 51 heavy (non-hydrogen) atoms. The first kappa shape index (κ1) is 34.6. The highest BCUT2D eigenvalue weighted by Gasteiger charge is 2.32. The molecule has 4 heterocycles. The van der Waals surface area contributed by atoms with Gasteiger partial charge in [-0.3, -0.25) is 14.8 Å². The van der Waals surface area contributed by atoms with Gasteiger partial charge in [-0.15, -0.1) is 0 Å². The number of rotatable bonds is 10. The van der Waals surface area contributed by atoms with Crippen LogP contribution in [0, 0.1) is 12.3 Å². The van der Waals surface area contributed by atoms with Crippen LogP contribution in [0.1, 0.15) is 78.5 Å². The number of fused-ring (bicyclic) bond motifs is 2. The number of benzene rings is 2. The molecular formula is C39H44N6O5S. The number of nitrogens with one attached hydrogen (secondary N) is 1. The lowest BCUT2D eigenvalue weighted by atomic mass is 9.74. The highest BCUT2D eigenvalue weighted by atomic mass is 32.1. The molecule has 1 aliphatic heterocycles. The summed E-state index contributed by atoms with van der Waals surface area (Å²) in [5.74, 6) is 0.359. The molecule has 1 aliphatic carbocycles. The van der Waals surface area contributed by atoms with E-state index in [0.29, 0.717) is 48.2 Å². The first-order valence-electron chi connectivity index (χ1n) is 17.8. The summed E-state index contributed by atoms with van der Waals surface area (Å²) in [6, 6.07) is 17.3. The van der Waals surface area contributed by atoms with E-state index in [1.807, 2.05) is 61.5 Å². The van der Waals surface area contributed by atoms with Gasteiger partial charge in [0, 0.05) is 55.7 Å². The summed E-state index contributed by atoms with van der Waals surface area (Å²) >= 11 is 1.44. The average molecular weight is 709 g/mol. The van der Waals surface area contributed by atoms with Crippen LogP contribution in [0.4, 0.5) is 15.7 Å². The molecule has 11 nitrogen and oxygen atoms in total. The van der Waals surface area contributed by atoms with Crippen molar-refractivity contribution in [1.82, 2.24) is 19.7 Å². The van der Waals surface area contributed by atoms with E-state index in [0.717, 1.165) is 58.4 Å². The summed E-state index contributed by atoms with van der Waals surface area (Å²) in [7, 11) is 1.76. The van der Waals surface area contributed by atoms with Crippen molar-refractivity contribution in [2.75, 3.05) is 30.5 Å². The lowest BCUT2D eigenvalue weighted by molar-refractivity contribution is 0.0923. The second-order valence-corrected chi connectivity index (χ2v) is 14.8. The first-order chi connectivity index (χ1) is 24.8. The molecule has 12 heteroatoms. The first-order valence-corrected chi connectivity index (χ1v) is 18.6. The molecule has 5 aromatic rings. The normalized spacial score (nSPS) is 15.9. The minimum absolute atomic E-state index is 0.00959. The average Bonchev–Trinajstić information content (AvgIpc) is 3.70. The monoisotopic (exact) mass is 708 g/mol. The van der Waals surface area contributed by atoms with Gasteiger partial charge in [0.05, 0.1) is 16.4 Å². The number of hydrogen-bond donors (Lipinski definition) is 2. The molecule has 266 valence electrons. The zero-order valence-corrected chi connectivity index (χ0v) is 30.0. The third-order valence-electron chi connectivity index (χ3n) is 10.5. The fourth-order valence-electron chi connectivity index (χ4n) is 7.70. The third-order valence-corrected chi connectivity index (χ3v) is 11.5. The van der Waals surface area contributed by atoms with Gasteiger partial charge in [0.2, 0.25) is 5.88 Å². The quantitative estimate of drug-likeness (QED) is 0.137. The van der Waals surface area contributed by atoms with Crippen molar-refractivity contribution in [1.29, 1.82) is 0 Å². The van der Waals surface area contributed by atoms with Crippen molar-refractivity contribution in [2.24, 2.45) is 5.41 Å². The molecule has 2 aromatic carbocycles. The Bertz CT molecular complexity index is 1990. The Morgan fingerprint density at radius 3 is 2.57 bits per heavy atom. The number of ether oxygens (including phenoxy) is 2. The van der Waals surface area contributed by atoms with Crippen LogP contribution < -0.4 is 15.0 Å². The number of thiazole rings is 1. The topological polar surface area (TPSA) is 132 Å². The highest BCUT2D eigenvalue weighted by Crippen LogP contribution is 2.41. The van der Waals surface area contributed by atoms with Crippen molar-refractivity contribution in [3.05, 3.63) is 83.2 Å². The molecular weight excluding hydrogens is 665 g/mol. The largest absolute Gasteiger partial charge is 0.512 e. The summed E-state index contributed by atoms with van der Waals surface area (Å²) < 4.78 is 13.9. The highest BCUT2D eigenvalue weighted by molar-refractivity contribution is 7.22. The Morgan fingerprint density at radius 1 is 0.980 bits per heavy atom. The number of aromatic nitrogens is 4. The molecule has 0 saturated heterocycles. The minimum Gasteiger partial charge on any atom is -0.449 e. The third kappa shape index (κ3) is 7.62. The molecule has 0 radical (unpaired) electrons. The van der Waals surface area contributed by atoms with E-state index in [-0.39, 0.29) is 17.2 Å². The van der Waals surface area contributed by atoms with Crippen molar-refractivity contribution in [3.63, 3.8) is 0 Å². The zero-order chi connectivity index (χ0) is 35.4. The van der Waals surface area contributed by atoms with E-state index >= 15 is 0 Å². The molecule has 1 amide bonds. The lowest BCUT2D eigenvalue weighted by Gasteiger charge is -2.36. The van der Waals surface area contributed by atoms with Crippen LogP contribution >= 0.6 is 11.3 Å². The van der Waals surface area contributed by atoms with Crippen LogP contribution in [-0.2, 0) is 24.2 Å². The number of amides is 1. The van der Waals surface area contributed by atoms with Crippen LogP contribution in [0.15, 0.2) is 60.8 Å². The Balaban J connectivity index is 1.14. The van der Waals surface area contributed by atoms with E-state index in [1.165, 1.54) is 43.4 Å². The number of carbonyl (C=O) groups is 2. The number of para-hydroxylation sites is 1. The Morgan fingerprint density at radius 2 is 1.78 bits per heavy atom. The summed E-state index contributed by atoms with van der Waals surface area (Å²) in [6.45, 7) is 4.60. The Hall–Kier alpha value is -4.81. The maximum absolute atomic E-state index is 13.6. The predicted octanol–water partition coefficient (Wildman–Crippen LogP) is 8.50. The lowest BCUT2D eigenvalue weighted by Crippen LogP contribution is -2.33. The number of pyridine rings is 1. The van der Waals surface area contributed by atoms with Crippen molar-refractivity contribution < 1.29 is 24.2 Å². The summed E-state index contributed by atoms with van der Waals surface area (Å²) in [5, 5.41) is 18.1. The van der Waals surface area contributed by atoms with Crippen LogP contribution in [0.2, 0.25) is 0 Å². The van der Waals surface area contributed by atoms with Gasteiger partial charge in [-0.05, 0) is 79.5 Å². The summed E-state index contributed by atoms with van der Waals surface area (Å²) in [5.41, 5.74) is 5.82. The van der Waals surface area contributed by atoms with Gasteiger partial charge >= 0.3 is 6.16 Å². The molecule has 2 aliphatic rings. The van der Waals surface area contributed by atoms with Gasteiger partial charge in [0.25, 0.3) is 5.91 Å². The number of carbonyl (C=O) groups excluding carboxylic acids is 1. The van der Waals surface area contributed by atoms with E-state index in [4.69, 9.17) is 19.6 Å². The standard InChI is InChI=1S/C39H44N6O5S/c1-26-30(23-40-45(26)25-39(20-22-49-2)18-8-4-3-5-9-19-39)29-15-16-34(42-36(29)50-38(47)48)44-21-17-27-11-10-12-28(31(27)24-44)35(46)43-37-41-32-13-6-7-14-33(32)51-37/h6-7,10-16,23H,3-5,8-9,17-22,24-25H2,1-2H3,(H,47,48)(H,41,43,46). The molecule has 2 N–H and O–H groups in total. The number of anilines is 2. The minimum atomic E-state index is -1.43. The van der Waals surface area contributed by atoms with E-state index < -0.39 is 6.16 Å². The molecule has 0 atom stereocenters. The van der Waals surface area contributed by atoms with Crippen molar-refractivity contribution in [3.8, 4) is 17.0 Å².